The minimum absolute atomic E-state index is 0.00652. The van der Waals surface area contributed by atoms with Gasteiger partial charge in [0.2, 0.25) is 0 Å². The van der Waals surface area contributed by atoms with Crippen molar-refractivity contribution in [3.8, 4) is 0 Å². The summed E-state index contributed by atoms with van der Waals surface area (Å²) in [7, 11) is 0. The summed E-state index contributed by atoms with van der Waals surface area (Å²) in [6.45, 7) is 0.748. The Morgan fingerprint density at radius 3 is 2.68 bits per heavy atom. The van der Waals surface area contributed by atoms with Crippen molar-refractivity contribution in [1.82, 2.24) is 5.32 Å². The SMILES string of the molecule is NC1C2CCOC2C1NC(=O)c1cc(Br)cc(Br)c1. The molecule has 0 aromatic heterocycles. The Morgan fingerprint density at radius 1 is 1.32 bits per heavy atom. The van der Waals surface area contributed by atoms with Crippen LogP contribution in [0.5, 0.6) is 0 Å². The fraction of sp³-hybridized carbons (Fsp3) is 0.462. The smallest absolute Gasteiger partial charge is 0.251 e. The molecule has 1 saturated heterocycles. The van der Waals surface area contributed by atoms with Gasteiger partial charge in [0.25, 0.3) is 5.91 Å². The molecular formula is C13H14Br2N2O2. The van der Waals surface area contributed by atoms with Crippen LogP contribution in [0.25, 0.3) is 0 Å². The molecule has 2 fully saturated rings. The summed E-state index contributed by atoms with van der Waals surface area (Å²) < 4.78 is 7.33. The first-order chi connectivity index (χ1) is 9.06. The number of rotatable bonds is 2. The molecule has 0 bridgehead atoms. The average molecular weight is 390 g/mol. The van der Waals surface area contributed by atoms with Crippen LogP contribution in [0.4, 0.5) is 0 Å². The third-order valence-electron chi connectivity index (χ3n) is 3.87. The van der Waals surface area contributed by atoms with Crippen molar-refractivity contribution < 1.29 is 9.53 Å². The van der Waals surface area contributed by atoms with E-state index in [1.165, 1.54) is 0 Å². The Labute approximate surface area is 128 Å². The maximum absolute atomic E-state index is 12.2. The average Bonchev–Trinajstić information content (AvgIpc) is 2.79. The highest BCUT2D eigenvalue weighted by molar-refractivity contribution is 9.11. The molecule has 102 valence electrons. The number of nitrogens with two attached hydrogens (primary N) is 1. The van der Waals surface area contributed by atoms with Crippen LogP contribution in [0.15, 0.2) is 27.1 Å². The van der Waals surface area contributed by atoms with E-state index < -0.39 is 0 Å². The second kappa shape index (κ2) is 5.16. The lowest BCUT2D eigenvalue weighted by molar-refractivity contribution is -0.0161. The highest BCUT2D eigenvalue weighted by atomic mass is 79.9. The van der Waals surface area contributed by atoms with Gasteiger partial charge in [-0.1, -0.05) is 31.9 Å². The van der Waals surface area contributed by atoms with E-state index in [0.29, 0.717) is 11.5 Å². The number of fused-ring (bicyclic) bond motifs is 1. The summed E-state index contributed by atoms with van der Waals surface area (Å²) in [5.74, 6) is 0.288. The van der Waals surface area contributed by atoms with E-state index in [1.54, 1.807) is 12.1 Å². The number of nitrogens with one attached hydrogen (secondary N) is 1. The van der Waals surface area contributed by atoms with E-state index in [0.717, 1.165) is 22.0 Å². The molecule has 6 heteroatoms. The van der Waals surface area contributed by atoms with Crippen molar-refractivity contribution in [2.24, 2.45) is 11.7 Å². The summed E-state index contributed by atoms with van der Waals surface area (Å²) in [6, 6.07) is 5.40. The van der Waals surface area contributed by atoms with Crippen LogP contribution < -0.4 is 11.1 Å². The molecule has 1 aliphatic heterocycles. The molecule has 1 saturated carbocycles. The summed E-state index contributed by atoms with van der Waals surface area (Å²) in [5, 5.41) is 2.98. The van der Waals surface area contributed by atoms with E-state index in [4.69, 9.17) is 10.5 Å². The first-order valence-corrected chi connectivity index (χ1v) is 7.79. The van der Waals surface area contributed by atoms with Crippen LogP contribution in [0, 0.1) is 5.92 Å². The predicted octanol–water partition coefficient (Wildman–Crippen LogP) is 2.06. The molecule has 1 heterocycles. The normalized spacial score (nSPS) is 32.6. The highest BCUT2D eigenvalue weighted by Crippen LogP contribution is 2.37. The summed E-state index contributed by atoms with van der Waals surface area (Å²) in [5.41, 5.74) is 6.69. The zero-order valence-electron chi connectivity index (χ0n) is 10.1. The molecule has 4 unspecified atom stereocenters. The van der Waals surface area contributed by atoms with Gasteiger partial charge in [0.05, 0.1) is 12.1 Å². The summed E-state index contributed by atoms with van der Waals surface area (Å²) in [6.07, 6.45) is 1.09. The Kier molecular flexibility index (Phi) is 3.68. The molecule has 1 aliphatic carbocycles. The van der Waals surface area contributed by atoms with E-state index in [-0.39, 0.29) is 24.1 Å². The minimum Gasteiger partial charge on any atom is -0.376 e. The number of carbonyl (C=O) groups excluding carboxylic acids is 1. The predicted molar refractivity (Wildman–Crippen MR) is 78.9 cm³/mol. The second-order valence-electron chi connectivity index (χ2n) is 5.02. The first kappa shape index (κ1) is 13.5. The maximum Gasteiger partial charge on any atom is 0.251 e. The van der Waals surface area contributed by atoms with E-state index in [9.17, 15) is 4.79 Å². The first-order valence-electron chi connectivity index (χ1n) is 6.20. The standard InChI is InChI=1S/C13H14Br2N2O2/c14-7-3-6(4-8(15)5-7)13(18)17-11-10(16)9-1-2-19-12(9)11/h3-5,9-12H,1-2,16H2,(H,17,18). The van der Waals surface area contributed by atoms with Gasteiger partial charge < -0.3 is 15.8 Å². The molecular weight excluding hydrogens is 376 g/mol. The zero-order valence-corrected chi connectivity index (χ0v) is 13.3. The van der Waals surface area contributed by atoms with Gasteiger partial charge in [-0.2, -0.15) is 0 Å². The number of benzene rings is 1. The van der Waals surface area contributed by atoms with Crippen molar-refractivity contribution in [1.29, 1.82) is 0 Å². The number of halogens is 2. The van der Waals surface area contributed by atoms with Crippen LogP contribution in [0.2, 0.25) is 0 Å². The Bertz CT molecular complexity index is 503. The van der Waals surface area contributed by atoms with Gasteiger partial charge in [0, 0.05) is 33.1 Å². The van der Waals surface area contributed by atoms with Crippen molar-refractivity contribution in [2.75, 3.05) is 6.61 Å². The number of hydrogen-bond donors (Lipinski definition) is 2. The zero-order chi connectivity index (χ0) is 13.6. The fourth-order valence-corrected chi connectivity index (χ4v) is 4.14. The topological polar surface area (TPSA) is 64.3 Å². The number of ether oxygens (including phenoxy) is 1. The van der Waals surface area contributed by atoms with E-state index >= 15 is 0 Å². The molecule has 1 aromatic rings. The van der Waals surface area contributed by atoms with Crippen LogP contribution in [0.3, 0.4) is 0 Å². The molecule has 0 spiro atoms. The number of carbonyl (C=O) groups is 1. The number of amides is 1. The quantitative estimate of drug-likeness (QED) is 0.813. The van der Waals surface area contributed by atoms with E-state index in [2.05, 4.69) is 37.2 Å². The van der Waals surface area contributed by atoms with Gasteiger partial charge in [-0.3, -0.25) is 4.79 Å². The largest absolute Gasteiger partial charge is 0.376 e. The Balaban J connectivity index is 1.71. The van der Waals surface area contributed by atoms with Crippen LogP contribution in [-0.2, 0) is 4.74 Å². The lowest BCUT2D eigenvalue weighted by Gasteiger charge is -2.45. The minimum atomic E-state index is -0.114. The molecule has 19 heavy (non-hydrogen) atoms. The van der Waals surface area contributed by atoms with Crippen molar-refractivity contribution in [3.63, 3.8) is 0 Å². The lowest BCUT2D eigenvalue weighted by Crippen LogP contribution is -2.68. The maximum atomic E-state index is 12.2. The monoisotopic (exact) mass is 388 g/mol. The Hall–Kier alpha value is -0.430. The van der Waals surface area contributed by atoms with Crippen molar-refractivity contribution in [3.05, 3.63) is 32.7 Å². The van der Waals surface area contributed by atoms with Crippen molar-refractivity contribution in [2.45, 2.75) is 24.6 Å². The molecule has 2 aliphatic rings. The molecule has 4 nitrogen and oxygen atoms in total. The molecule has 4 atom stereocenters. The van der Waals surface area contributed by atoms with Crippen LogP contribution >= 0.6 is 31.9 Å². The molecule has 1 amide bonds. The van der Waals surface area contributed by atoms with Gasteiger partial charge in [0.1, 0.15) is 0 Å². The molecule has 3 N–H and O–H groups in total. The second-order valence-corrected chi connectivity index (χ2v) is 6.85. The van der Waals surface area contributed by atoms with Gasteiger partial charge in [-0.05, 0) is 24.6 Å². The third-order valence-corrected chi connectivity index (χ3v) is 4.78. The van der Waals surface area contributed by atoms with Crippen molar-refractivity contribution >= 4 is 37.8 Å². The van der Waals surface area contributed by atoms with Gasteiger partial charge >= 0.3 is 0 Å². The Morgan fingerprint density at radius 2 is 2.00 bits per heavy atom. The number of hydrogen-bond acceptors (Lipinski definition) is 3. The van der Waals surface area contributed by atoms with Gasteiger partial charge in [0.15, 0.2) is 0 Å². The van der Waals surface area contributed by atoms with E-state index in [1.807, 2.05) is 6.07 Å². The molecule has 3 rings (SSSR count). The molecule has 1 aromatic carbocycles. The van der Waals surface area contributed by atoms with Crippen LogP contribution in [-0.4, -0.2) is 30.7 Å². The third kappa shape index (κ3) is 2.46. The summed E-state index contributed by atoms with van der Waals surface area (Å²) >= 11 is 6.75. The van der Waals surface area contributed by atoms with Gasteiger partial charge in [-0.15, -0.1) is 0 Å². The lowest BCUT2D eigenvalue weighted by atomic mass is 9.72. The summed E-state index contributed by atoms with van der Waals surface area (Å²) in [4.78, 5) is 12.2. The van der Waals surface area contributed by atoms with Gasteiger partial charge in [-0.25, -0.2) is 0 Å². The molecule has 0 radical (unpaired) electrons. The van der Waals surface area contributed by atoms with Crippen LogP contribution in [0.1, 0.15) is 16.8 Å². The highest BCUT2D eigenvalue weighted by Gasteiger charge is 2.52. The fourth-order valence-electron chi connectivity index (χ4n) is 2.85.